The van der Waals surface area contributed by atoms with Crippen molar-refractivity contribution in [1.29, 1.82) is 0 Å². The summed E-state index contributed by atoms with van der Waals surface area (Å²) in [6, 6.07) is 8.11. The third-order valence-electron chi connectivity index (χ3n) is 2.22. The van der Waals surface area contributed by atoms with E-state index in [0.29, 0.717) is 0 Å². The van der Waals surface area contributed by atoms with Crippen LogP contribution in [0.4, 0.5) is 0 Å². The summed E-state index contributed by atoms with van der Waals surface area (Å²) in [4.78, 5) is 3.15. The van der Waals surface area contributed by atoms with Crippen LogP contribution >= 0.6 is 12.4 Å². The number of aromatic amines is 1. The summed E-state index contributed by atoms with van der Waals surface area (Å²) in [5.74, 6) is 0. The van der Waals surface area contributed by atoms with Crippen LogP contribution in [-0.4, -0.2) is 4.98 Å². The van der Waals surface area contributed by atoms with E-state index in [0.717, 1.165) is 11.1 Å². The van der Waals surface area contributed by atoms with Crippen molar-refractivity contribution < 1.29 is 0 Å². The fourth-order valence-electron chi connectivity index (χ4n) is 1.41. The quantitative estimate of drug-likeness (QED) is 0.733. The molecule has 0 unspecified atom stereocenters. The van der Waals surface area contributed by atoms with Crippen molar-refractivity contribution in [2.45, 2.75) is 6.04 Å². The third-order valence-corrected chi connectivity index (χ3v) is 2.22. The summed E-state index contributed by atoms with van der Waals surface area (Å²) in [7, 11) is 0. The molecule has 2 rings (SSSR count). The Morgan fingerprint density at radius 1 is 1.36 bits per heavy atom. The average molecular weight is 209 g/mol. The van der Waals surface area contributed by atoms with Crippen LogP contribution in [0.5, 0.6) is 0 Å². The van der Waals surface area contributed by atoms with Crippen LogP contribution in [-0.2, 0) is 0 Å². The number of aromatic nitrogens is 1. The molecule has 1 heterocycles. The molecule has 0 radical (unpaired) electrons. The van der Waals surface area contributed by atoms with Crippen molar-refractivity contribution in [3.8, 4) is 0 Å². The molecule has 0 aliphatic carbocycles. The Labute approximate surface area is 89.2 Å². The molecule has 0 bridgehead atoms. The predicted octanol–water partition coefficient (Wildman–Crippen LogP) is 2.78. The fraction of sp³-hybridized carbons (Fsp3) is 0.0909. The number of benzene rings is 1. The lowest BCUT2D eigenvalue weighted by molar-refractivity contribution is 0.916. The summed E-state index contributed by atoms with van der Waals surface area (Å²) in [6.07, 6.45) is 3.66. The third kappa shape index (κ3) is 1.81. The Bertz CT molecular complexity index is 434. The second kappa shape index (κ2) is 4.31. The van der Waals surface area contributed by atoms with Crippen LogP contribution in [0.2, 0.25) is 0 Å². The zero-order valence-corrected chi connectivity index (χ0v) is 8.55. The highest BCUT2D eigenvalue weighted by Gasteiger charge is 2.01. The van der Waals surface area contributed by atoms with E-state index in [1.807, 2.05) is 18.3 Å². The number of rotatable bonds is 2. The molecule has 1 atom stereocenters. The van der Waals surface area contributed by atoms with Gasteiger partial charge in [0.2, 0.25) is 0 Å². The van der Waals surface area contributed by atoms with Gasteiger partial charge in [-0.15, -0.1) is 19.0 Å². The SMILES string of the molecule is C=C[C@H](N)c1ccc2cc[nH]c2c1.Cl. The molecule has 74 valence electrons. The first-order valence-corrected chi connectivity index (χ1v) is 4.26. The minimum Gasteiger partial charge on any atom is -0.361 e. The molecule has 3 N–H and O–H groups in total. The second-order valence-corrected chi connectivity index (χ2v) is 3.09. The topological polar surface area (TPSA) is 41.8 Å². The first-order chi connectivity index (χ1) is 6.31. The van der Waals surface area contributed by atoms with Crippen LogP contribution in [0.15, 0.2) is 43.1 Å². The summed E-state index contributed by atoms with van der Waals surface area (Å²) in [6.45, 7) is 3.67. The van der Waals surface area contributed by atoms with Crippen molar-refractivity contribution in [1.82, 2.24) is 4.98 Å². The Kier molecular flexibility index (Phi) is 3.33. The highest BCUT2D eigenvalue weighted by Crippen LogP contribution is 2.18. The van der Waals surface area contributed by atoms with Gasteiger partial charge in [0.05, 0.1) is 0 Å². The van der Waals surface area contributed by atoms with Crippen molar-refractivity contribution in [3.05, 3.63) is 48.7 Å². The maximum Gasteiger partial charge on any atom is 0.0479 e. The van der Waals surface area contributed by atoms with Gasteiger partial charge in [0.15, 0.2) is 0 Å². The Morgan fingerprint density at radius 3 is 2.86 bits per heavy atom. The van der Waals surface area contributed by atoms with Crippen LogP contribution in [0, 0.1) is 0 Å². The van der Waals surface area contributed by atoms with Gasteiger partial charge in [-0.2, -0.15) is 0 Å². The van der Waals surface area contributed by atoms with E-state index >= 15 is 0 Å². The van der Waals surface area contributed by atoms with Crippen molar-refractivity contribution in [3.63, 3.8) is 0 Å². The molecule has 2 aromatic rings. The van der Waals surface area contributed by atoms with Crippen molar-refractivity contribution in [2.75, 3.05) is 0 Å². The zero-order chi connectivity index (χ0) is 9.26. The Balaban J connectivity index is 0.000000980. The second-order valence-electron chi connectivity index (χ2n) is 3.09. The molecule has 1 aromatic heterocycles. The largest absolute Gasteiger partial charge is 0.361 e. The van der Waals surface area contributed by atoms with Crippen LogP contribution in [0.3, 0.4) is 0 Å². The molecular formula is C11H13ClN2. The molecule has 0 saturated carbocycles. The Hall–Kier alpha value is -1.25. The van der Waals surface area contributed by atoms with Gasteiger partial charge < -0.3 is 10.7 Å². The van der Waals surface area contributed by atoms with Crippen LogP contribution in [0.1, 0.15) is 11.6 Å². The zero-order valence-electron chi connectivity index (χ0n) is 7.73. The Morgan fingerprint density at radius 2 is 2.14 bits per heavy atom. The molecular weight excluding hydrogens is 196 g/mol. The minimum absolute atomic E-state index is 0. The lowest BCUT2D eigenvalue weighted by Gasteiger charge is -2.05. The van der Waals surface area contributed by atoms with Gasteiger partial charge in [-0.25, -0.2) is 0 Å². The molecule has 3 heteroatoms. The van der Waals surface area contributed by atoms with Gasteiger partial charge in [0.1, 0.15) is 0 Å². The number of halogens is 1. The molecule has 0 spiro atoms. The maximum absolute atomic E-state index is 5.82. The standard InChI is InChI=1S/C11H12N2.ClH/c1-2-10(12)9-4-3-8-5-6-13-11(8)7-9;/h2-7,10,13H,1,12H2;1H/t10-;/m0./s1. The number of nitrogens with one attached hydrogen (secondary N) is 1. The monoisotopic (exact) mass is 208 g/mol. The molecule has 0 amide bonds. The van der Waals surface area contributed by atoms with Gasteiger partial charge in [-0.3, -0.25) is 0 Å². The summed E-state index contributed by atoms with van der Waals surface area (Å²) >= 11 is 0. The van der Waals surface area contributed by atoms with Gasteiger partial charge in [0, 0.05) is 17.8 Å². The summed E-state index contributed by atoms with van der Waals surface area (Å²) in [5.41, 5.74) is 8.03. The van der Waals surface area contributed by atoms with Gasteiger partial charge in [0.25, 0.3) is 0 Å². The normalized spacial score (nSPS) is 12.1. The van der Waals surface area contributed by atoms with Gasteiger partial charge in [-0.05, 0) is 23.1 Å². The number of nitrogens with two attached hydrogens (primary N) is 1. The van der Waals surface area contributed by atoms with Crippen molar-refractivity contribution in [2.24, 2.45) is 5.73 Å². The van der Waals surface area contributed by atoms with E-state index in [4.69, 9.17) is 5.73 Å². The summed E-state index contributed by atoms with van der Waals surface area (Å²) < 4.78 is 0. The fourth-order valence-corrected chi connectivity index (χ4v) is 1.41. The van der Waals surface area contributed by atoms with Crippen LogP contribution < -0.4 is 5.73 Å². The lowest BCUT2D eigenvalue weighted by atomic mass is 10.1. The molecule has 0 aliphatic rings. The van der Waals surface area contributed by atoms with Crippen LogP contribution in [0.25, 0.3) is 10.9 Å². The highest BCUT2D eigenvalue weighted by atomic mass is 35.5. The minimum atomic E-state index is -0.0762. The number of hydrogen-bond donors (Lipinski definition) is 2. The molecule has 0 saturated heterocycles. The van der Waals surface area contributed by atoms with Crippen molar-refractivity contribution >= 4 is 23.3 Å². The highest BCUT2D eigenvalue weighted by molar-refractivity contribution is 5.85. The van der Waals surface area contributed by atoms with E-state index in [9.17, 15) is 0 Å². The molecule has 0 fully saturated rings. The number of fused-ring (bicyclic) bond motifs is 1. The molecule has 0 aliphatic heterocycles. The first-order valence-electron chi connectivity index (χ1n) is 4.26. The first kappa shape index (κ1) is 10.8. The lowest BCUT2D eigenvalue weighted by Crippen LogP contribution is -2.05. The smallest absolute Gasteiger partial charge is 0.0479 e. The van der Waals surface area contributed by atoms with Gasteiger partial charge in [-0.1, -0.05) is 18.2 Å². The van der Waals surface area contributed by atoms with E-state index in [1.165, 1.54) is 5.39 Å². The average Bonchev–Trinajstić information content (AvgIpc) is 2.63. The molecule has 14 heavy (non-hydrogen) atoms. The molecule has 1 aromatic carbocycles. The van der Waals surface area contributed by atoms with E-state index in [1.54, 1.807) is 6.08 Å². The van der Waals surface area contributed by atoms with Gasteiger partial charge >= 0.3 is 0 Å². The van der Waals surface area contributed by atoms with E-state index < -0.39 is 0 Å². The number of hydrogen-bond acceptors (Lipinski definition) is 1. The molecule has 2 nitrogen and oxygen atoms in total. The number of H-pyrrole nitrogens is 1. The summed E-state index contributed by atoms with van der Waals surface area (Å²) in [5, 5.41) is 1.21. The van der Waals surface area contributed by atoms with E-state index in [-0.39, 0.29) is 18.4 Å². The van der Waals surface area contributed by atoms with E-state index in [2.05, 4.69) is 23.7 Å². The maximum atomic E-state index is 5.82. The predicted molar refractivity (Wildman–Crippen MR) is 62.7 cm³/mol.